The summed E-state index contributed by atoms with van der Waals surface area (Å²) in [4.78, 5) is 7.13. The highest BCUT2D eigenvalue weighted by atomic mass is 32.2. The van der Waals surface area contributed by atoms with Gasteiger partial charge in [-0.3, -0.25) is 0 Å². The number of anilines is 1. The molecule has 2 aromatic carbocycles. The molecule has 0 N–H and O–H groups in total. The Morgan fingerprint density at radius 1 is 1.12 bits per heavy atom. The second-order valence-corrected chi connectivity index (χ2v) is 11.8. The summed E-state index contributed by atoms with van der Waals surface area (Å²) in [5.74, 6) is 0.868. The van der Waals surface area contributed by atoms with Crippen molar-refractivity contribution >= 4 is 26.7 Å². The van der Waals surface area contributed by atoms with E-state index < -0.39 is 10.0 Å². The molecule has 180 valence electrons. The maximum atomic E-state index is 13.3. The van der Waals surface area contributed by atoms with Crippen LogP contribution in [0.3, 0.4) is 0 Å². The van der Waals surface area contributed by atoms with Crippen LogP contribution in [0.5, 0.6) is 5.75 Å². The Morgan fingerprint density at radius 3 is 2.50 bits per heavy atom. The number of hydrogen-bond donors (Lipinski definition) is 0. The highest BCUT2D eigenvalue weighted by Gasteiger charge is 2.47. The normalized spacial score (nSPS) is 18.1. The number of halogens is 1. The van der Waals surface area contributed by atoms with Gasteiger partial charge in [-0.05, 0) is 55.2 Å². The van der Waals surface area contributed by atoms with E-state index in [0.29, 0.717) is 25.3 Å². The van der Waals surface area contributed by atoms with Crippen LogP contribution >= 0.6 is 11.5 Å². The zero-order valence-corrected chi connectivity index (χ0v) is 20.8. The Bertz CT molecular complexity index is 1280. The van der Waals surface area contributed by atoms with Crippen LogP contribution in [0.4, 0.5) is 9.52 Å². The van der Waals surface area contributed by atoms with Crippen molar-refractivity contribution in [2.45, 2.75) is 31.1 Å². The number of rotatable bonds is 6. The summed E-state index contributed by atoms with van der Waals surface area (Å²) >= 11 is 1.38. The molecule has 0 atom stereocenters. The molecule has 7 nitrogen and oxygen atoms in total. The van der Waals surface area contributed by atoms with Crippen LogP contribution in [-0.2, 0) is 16.4 Å². The van der Waals surface area contributed by atoms with Crippen LogP contribution in [0.1, 0.15) is 29.8 Å². The first-order valence-electron chi connectivity index (χ1n) is 11.2. The maximum absolute atomic E-state index is 13.3. The SMILES string of the molecule is COc1ccc(C)cc1S(=O)(=O)N1CCC2(CC1)CN(c1nc(Cc3ccc(F)cc3)ns1)C2. The average Bonchev–Trinajstić information content (AvgIpc) is 3.27. The molecule has 1 spiro atoms. The van der Waals surface area contributed by atoms with Crippen LogP contribution in [0, 0.1) is 18.2 Å². The van der Waals surface area contributed by atoms with Crippen molar-refractivity contribution in [2.24, 2.45) is 5.41 Å². The standard InChI is InChI=1S/C24H27FN4O3S2/c1-17-3-8-20(32-2)21(13-17)34(30,31)29-11-9-24(10-12-29)15-28(16-24)23-26-22(27-33-23)14-18-4-6-19(25)7-5-18/h3-8,13H,9-12,14-16H2,1-2H3. The Labute approximate surface area is 203 Å². The van der Waals surface area contributed by atoms with Crippen molar-refractivity contribution in [3.8, 4) is 5.75 Å². The molecule has 0 radical (unpaired) electrons. The van der Waals surface area contributed by atoms with E-state index in [0.717, 1.165) is 48.0 Å². The van der Waals surface area contributed by atoms with E-state index >= 15 is 0 Å². The molecular formula is C24H27FN4O3S2. The van der Waals surface area contributed by atoms with Gasteiger partial charge in [0.2, 0.25) is 15.2 Å². The van der Waals surface area contributed by atoms with Crippen LogP contribution < -0.4 is 9.64 Å². The number of aromatic nitrogens is 2. The van der Waals surface area contributed by atoms with Crippen LogP contribution in [0.2, 0.25) is 0 Å². The van der Waals surface area contributed by atoms with E-state index in [4.69, 9.17) is 4.74 Å². The zero-order chi connectivity index (χ0) is 23.9. The first-order valence-corrected chi connectivity index (χ1v) is 13.5. The quantitative estimate of drug-likeness (QED) is 0.509. The van der Waals surface area contributed by atoms with Gasteiger partial charge in [-0.2, -0.15) is 8.68 Å². The molecular weight excluding hydrogens is 475 g/mol. The smallest absolute Gasteiger partial charge is 0.246 e. The molecule has 1 aromatic heterocycles. The molecule has 5 rings (SSSR count). The molecule has 2 saturated heterocycles. The molecule has 2 aliphatic heterocycles. The van der Waals surface area contributed by atoms with Gasteiger partial charge in [-0.15, -0.1) is 0 Å². The summed E-state index contributed by atoms with van der Waals surface area (Å²) in [5, 5.41) is 0.891. The van der Waals surface area contributed by atoms with Crippen molar-refractivity contribution in [3.05, 3.63) is 65.2 Å². The molecule has 0 bridgehead atoms. The second kappa shape index (κ2) is 8.90. The lowest BCUT2D eigenvalue weighted by Gasteiger charge is -2.53. The van der Waals surface area contributed by atoms with Crippen molar-refractivity contribution in [3.63, 3.8) is 0 Å². The van der Waals surface area contributed by atoms with E-state index in [9.17, 15) is 12.8 Å². The number of methoxy groups -OCH3 is 1. The molecule has 3 aromatic rings. The van der Waals surface area contributed by atoms with Crippen molar-refractivity contribution < 1.29 is 17.5 Å². The topological polar surface area (TPSA) is 75.6 Å². The summed E-state index contributed by atoms with van der Waals surface area (Å²) in [6, 6.07) is 11.6. The highest BCUT2D eigenvalue weighted by Crippen LogP contribution is 2.44. The largest absolute Gasteiger partial charge is 0.495 e. The number of ether oxygens (including phenoxy) is 1. The Balaban J connectivity index is 1.19. The maximum Gasteiger partial charge on any atom is 0.246 e. The third kappa shape index (κ3) is 4.42. The van der Waals surface area contributed by atoms with E-state index in [-0.39, 0.29) is 16.1 Å². The number of benzene rings is 2. The molecule has 0 aliphatic carbocycles. The lowest BCUT2D eigenvalue weighted by molar-refractivity contribution is 0.114. The van der Waals surface area contributed by atoms with Crippen molar-refractivity contribution in [1.82, 2.24) is 13.7 Å². The van der Waals surface area contributed by atoms with Crippen LogP contribution in [0.25, 0.3) is 0 Å². The molecule has 0 unspecified atom stereocenters. The van der Waals surface area contributed by atoms with Gasteiger partial charge >= 0.3 is 0 Å². The molecule has 0 saturated carbocycles. The van der Waals surface area contributed by atoms with Crippen LogP contribution in [-0.4, -0.2) is 55.4 Å². The zero-order valence-electron chi connectivity index (χ0n) is 19.2. The minimum absolute atomic E-state index is 0.117. The van der Waals surface area contributed by atoms with Gasteiger partial charge in [0.1, 0.15) is 22.3 Å². The third-order valence-electron chi connectivity index (χ3n) is 6.78. The highest BCUT2D eigenvalue weighted by molar-refractivity contribution is 7.89. The fourth-order valence-corrected chi connectivity index (χ4v) is 7.14. The van der Waals surface area contributed by atoms with Gasteiger partial charge in [0.05, 0.1) is 7.11 Å². The van der Waals surface area contributed by atoms with E-state index in [2.05, 4.69) is 14.3 Å². The fraction of sp³-hybridized carbons (Fsp3) is 0.417. The number of sulfonamides is 1. The first kappa shape index (κ1) is 23.2. The first-order chi connectivity index (χ1) is 16.3. The molecule has 10 heteroatoms. The Morgan fingerprint density at radius 2 is 1.82 bits per heavy atom. The minimum atomic E-state index is -3.61. The number of piperidine rings is 1. The van der Waals surface area contributed by atoms with Gasteiger partial charge in [-0.1, -0.05) is 18.2 Å². The van der Waals surface area contributed by atoms with Crippen molar-refractivity contribution in [1.29, 1.82) is 0 Å². The Hall–Kier alpha value is -2.56. The minimum Gasteiger partial charge on any atom is -0.495 e. The monoisotopic (exact) mass is 502 g/mol. The van der Waals surface area contributed by atoms with Gasteiger partial charge in [0, 0.05) is 49.5 Å². The van der Waals surface area contributed by atoms with Crippen LogP contribution in [0.15, 0.2) is 47.4 Å². The lowest BCUT2D eigenvalue weighted by Crippen LogP contribution is -2.61. The average molecular weight is 503 g/mol. The van der Waals surface area contributed by atoms with Gasteiger partial charge in [0.15, 0.2) is 0 Å². The summed E-state index contributed by atoms with van der Waals surface area (Å²) in [6.45, 7) is 4.60. The Kier molecular flexibility index (Phi) is 6.07. The fourth-order valence-electron chi connectivity index (χ4n) is 4.77. The molecule has 2 fully saturated rings. The molecule has 3 heterocycles. The number of nitrogens with zero attached hydrogens (tertiary/aromatic N) is 4. The molecule has 0 amide bonds. The van der Waals surface area contributed by atoms with Gasteiger partial charge in [-0.25, -0.2) is 17.8 Å². The summed E-state index contributed by atoms with van der Waals surface area (Å²) in [5.41, 5.74) is 1.98. The van der Waals surface area contributed by atoms with E-state index in [1.54, 1.807) is 28.6 Å². The summed E-state index contributed by atoms with van der Waals surface area (Å²) in [7, 11) is -2.11. The molecule has 34 heavy (non-hydrogen) atoms. The number of aryl methyl sites for hydroxylation is 1. The predicted octanol–water partition coefficient (Wildman–Crippen LogP) is 3.88. The second-order valence-electron chi connectivity index (χ2n) is 9.21. The predicted molar refractivity (Wildman–Crippen MR) is 129 cm³/mol. The van der Waals surface area contributed by atoms with Gasteiger partial charge in [0.25, 0.3) is 0 Å². The third-order valence-corrected chi connectivity index (χ3v) is 9.51. The van der Waals surface area contributed by atoms with Gasteiger partial charge < -0.3 is 9.64 Å². The van der Waals surface area contributed by atoms with Crippen molar-refractivity contribution in [2.75, 3.05) is 38.2 Å². The summed E-state index contributed by atoms with van der Waals surface area (Å²) in [6.07, 6.45) is 2.21. The summed E-state index contributed by atoms with van der Waals surface area (Å²) < 4.78 is 51.1. The number of hydrogen-bond acceptors (Lipinski definition) is 7. The van der Waals surface area contributed by atoms with E-state index in [1.807, 2.05) is 13.0 Å². The van der Waals surface area contributed by atoms with E-state index in [1.165, 1.54) is 30.8 Å². The molecule has 2 aliphatic rings. The lowest BCUT2D eigenvalue weighted by atomic mass is 9.73.